The second-order valence-corrected chi connectivity index (χ2v) is 10.3. The first-order valence-electron chi connectivity index (χ1n) is 2.13. The van der Waals surface area contributed by atoms with Crippen LogP contribution in [0.5, 0.6) is 0 Å². The third-order valence-corrected chi connectivity index (χ3v) is 1.96. The van der Waals surface area contributed by atoms with Gasteiger partial charge in [0.25, 0.3) is 0 Å². The van der Waals surface area contributed by atoms with Crippen LogP contribution in [-0.4, -0.2) is 19.1 Å². The van der Waals surface area contributed by atoms with E-state index in [9.17, 15) is 0 Å². The van der Waals surface area contributed by atoms with E-state index in [1.165, 1.54) is 0 Å². The van der Waals surface area contributed by atoms with Crippen molar-refractivity contribution in [1.82, 2.24) is 0 Å². The summed E-state index contributed by atoms with van der Waals surface area (Å²) in [6.45, 7) is 2.86. The van der Waals surface area contributed by atoms with Gasteiger partial charge in [-0.15, -0.1) is 0 Å². The Bertz CT molecular complexity index is 50.1. The molecule has 0 unspecified atom stereocenters. The van der Waals surface area contributed by atoms with Crippen LogP contribution < -0.4 is 0 Å². The second-order valence-electron chi connectivity index (χ2n) is 1.52. The zero-order valence-electron chi connectivity index (χ0n) is 4.90. The van der Waals surface area contributed by atoms with Gasteiger partial charge in [0.05, 0.1) is 6.61 Å². The molecule has 0 aromatic heterocycles. The van der Waals surface area contributed by atoms with Crippen molar-refractivity contribution in [3.8, 4) is 0 Å². The van der Waals surface area contributed by atoms with Crippen LogP contribution in [0, 0.1) is 0 Å². The summed E-state index contributed by atoms with van der Waals surface area (Å²) in [5.41, 5.74) is 0. The fourth-order valence-electron chi connectivity index (χ4n) is 0.280. The SMILES string of the molecule is CCOS(C)(C)I. The summed E-state index contributed by atoms with van der Waals surface area (Å²) in [4.78, 5) is 0. The van der Waals surface area contributed by atoms with Gasteiger partial charge >= 0.3 is 0 Å². The van der Waals surface area contributed by atoms with E-state index in [0.717, 1.165) is 6.61 Å². The maximum Gasteiger partial charge on any atom is 0.0573 e. The highest BCUT2D eigenvalue weighted by Crippen LogP contribution is 2.49. The molecule has 0 radical (unpaired) electrons. The van der Waals surface area contributed by atoms with E-state index in [1.807, 2.05) is 6.92 Å². The van der Waals surface area contributed by atoms with Gasteiger partial charge in [0.2, 0.25) is 0 Å². The van der Waals surface area contributed by atoms with Crippen LogP contribution in [0.1, 0.15) is 6.92 Å². The summed E-state index contributed by atoms with van der Waals surface area (Å²) >= 11 is 2.34. The summed E-state index contributed by atoms with van der Waals surface area (Å²) in [6.07, 6.45) is 4.24. The molecule has 0 spiro atoms. The smallest absolute Gasteiger partial charge is 0.0573 e. The van der Waals surface area contributed by atoms with Gasteiger partial charge in [-0.3, -0.25) is 0 Å². The van der Waals surface area contributed by atoms with Crippen molar-refractivity contribution in [2.24, 2.45) is 0 Å². The van der Waals surface area contributed by atoms with Gasteiger partial charge < -0.3 is 4.18 Å². The Labute approximate surface area is 58.9 Å². The third-order valence-electron chi connectivity index (χ3n) is 0.398. The first-order valence-corrected chi connectivity index (χ1v) is 7.05. The van der Waals surface area contributed by atoms with Crippen LogP contribution in [0.3, 0.4) is 0 Å². The predicted octanol–water partition coefficient (Wildman–Crippen LogP) is 2.35. The van der Waals surface area contributed by atoms with Crippen molar-refractivity contribution >= 4 is 28.7 Å². The van der Waals surface area contributed by atoms with Crippen LogP contribution in [0.4, 0.5) is 0 Å². The van der Waals surface area contributed by atoms with Crippen LogP contribution in [0.25, 0.3) is 0 Å². The van der Waals surface area contributed by atoms with Crippen molar-refractivity contribution in [3.63, 3.8) is 0 Å². The first kappa shape index (κ1) is 8.04. The Hall–Kier alpha value is 1.04. The zero-order valence-corrected chi connectivity index (χ0v) is 7.88. The number of rotatable bonds is 2. The normalized spacial score (nSPS) is 14.3. The van der Waals surface area contributed by atoms with Crippen molar-refractivity contribution in [3.05, 3.63) is 0 Å². The molecule has 0 aliphatic heterocycles. The Morgan fingerprint density at radius 2 is 2.00 bits per heavy atom. The lowest BCUT2D eigenvalue weighted by Crippen LogP contribution is -1.89. The lowest BCUT2D eigenvalue weighted by molar-refractivity contribution is 0.395. The lowest BCUT2D eigenvalue weighted by atomic mass is 10.9. The monoisotopic (exact) mass is 234 g/mol. The standard InChI is InChI=1S/C4H11IOS/c1-4-6-7(2,3)5/h4H2,1-3H3. The Balaban J connectivity index is 3.15. The molecule has 0 amide bonds. The van der Waals surface area contributed by atoms with Gasteiger partial charge in [-0.05, 0) is 19.4 Å². The minimum Gasteiger partial charge on any atom is -0.328 e. The molecule has 1 nitrogen and oxygen atoms in total. The van der Waals surface area contributed by atoms with Crippen LogP contribution >= 0.6 is 28.7 Å². The molecule has 0 saturated carbocycles. The number of hydrogen-bond donors (Lipinski definition) is 0. The van der Waals surface area contributed by atoms with Crippen LogP contribution in [0.15, 0.2) is 0 Å². The Morgan fingerprint density at radius 3 is 2.00 bits per heavy atom. The first-order chi connectivity index (χ1) is 3.06. The van der Waals surface area contributed by atoms with E-state index in [4.69, 9.17) is 4.18 Å². The topological polar surface area (TPSA) is 9.23 Å². The molecule has 0 bridgehead atoms. The molecule has 0 saturated heterocycles. The highest BCUT2D eigenvalue weighted by Gasteiger charge is 2.01. The number of hydrogen-bond acceptors (Lipinski definition) is 1. The van der Waals surface area contributed by atoms with Gasteiger partial charge in [-0.25, -0.2) is 0 Å². The summed E-state index contributed by atoms with van der Waals surface area (Å²) in [5, 5.41) is 0. The average molecular weight is 234 g/mol. The maximum absolute atomic E-state index is 5.30. The minimum absolute atomic E-state index is 0.704. The molecule has 0 aliphatic rings. The summed E-state index contributed by atoms with van der Waals surface area (Å²) < 4.78 is 5.30. The third kappa shape index (κ3) is 7.04. The molecule has 7 heavy (non-hydrogen) atoms. The largest absolute Gasteiger partial charge is 0.328 e. The average Bonchev–Trinajstić information content (AvgIpc) is 1.30. The molecule has 0 N–H and O–H groups in total. The van der Waals surface area contributed by atoms with Gasteiger partial charge in [-0.1, -0.05) is 7.48 Å². The van der Waals surface area contributed by atoms with E-state index in [-0.39, 0.29) is 0 Å². The van der Waals surface area contributed by atoms with E-state index in [1.54, 1.807) is 0 Å². The molecule has 0 rings (SSSR count). The van der Waals surface area contributed by atoms with E-state index < -0.39 is 7.48 Å². The molecule has 0 fully saturated rings. The van der Waals surface area contributed by atoms with Crippen molar-refractivity contribution < 1.29 is 4.18 Å². The quantitative estimate of drug-likeness (QED) is 0.666. The molecule has 3 heteroatoms. The lowest BCUT2D eigenvalue weighted by Gasteiger charge is -2.20. The van der Waals surface area contributed by atoms with Crippen molar-refractivity contribution in [1.29, 1.82) is 0 Å². The predicted molar refractivity (Wildman–Crippen MR) is 45.1 cm³/mol. The molecule has 0 aliphatic carbocycles. The molecular formula is C4H11IOS. The molecule has 0 aromatic rings. The summed E-state index contributed by atoms with van der Waals surface area (Å²) in [6, 6.07) is 0. The van der Waals surface area contributed by atoms with Crippen molar-refractivity contribution in [2.75, 3.05) is 19.1 Å². The molecule has 0 atom stereocenters. The summed E-state index contributed by atoms with van der Waals surface area (Å²) in [7, 11) is -0.704. The van der Waals surface area contributed by atoms with E-state index in [2.05, 4.69) is 33.7 Å². The van der Waals surface area contributed by atoms with Crippen molar-refractivity contribution in [2.45, 2.75) is 6.92 Å². The summed E-state index contributed by atoms with van der Waals surface area (Å²) in [5.74, 6) is 0. The maximum atomic E-state index is 5.30. The van der Waals surface area contributed by atoms with Gasteiger partial charge in [0, 0.05) is 21.2 Å². The molecule has 0 aromatic carbocycles. The fourth-order valence-corrected chi connectivity index (χ4v) is 1.60. The van der Waals surface area contributed by atoms with Gasteiger partial charge in [0.15, 0.2) is 0 Å². The second kappa shape index (κ2) is 3.14. The Morgan fingerprint density at radius 1 is 1.57 bits per heavy atom. The van der Waals surface area contributed by atoms with E-state index in [0.29, 0.717) is 0 Å². The van der Waals surface area contributed by atoms with Crippen LogP contribution in [-0.2, 0) is 4.18 Å². The fraction of sp³-hybridized carbons (Fsp3) is 1.00. The highest BCUT2D eigenvalue weighted by molar-refractivity contribution is 14.2. The van der Waals surface area contributed by atoms with Gasteiger partial charge in [0.1, 0.15) is 0 Å². The van der Waals surface area contributed by atoms with E-state index >= 15 is 0 Å². The minimum atomic E-state index is -0.704. The molecule has 0 heterocycles. The highest BCUT2D eigenvalue weighted by atomic mass is 127. The van der Waals surface area contributed by atoms with Crippen LogP contribution in [0.2, 0.25) is 0 Å². The zero-order chi connectivity index (χ0) is 5.91. The van der Waals surface area contributed by atoms with Gasteiger partial charge in [-0.2, -0.15) is 0 Å². The molecule has 46 valence electrons. The molecular weight excluding hydrogens is 223 g/mol. The Kier molecular flexibility index (Phi) is 3.61. The number of halogens is 1.